The van der Waals surface area contributed by atoms with Crippen LogP contribution in [0.15, 0.2) is 34.9 Å². The Morgan fingerprint density at radius 2 is 2.22 bits per heavy atom. The fourth-order valence-corrected chi connectivity index (χ4v) is 4.08. The van der Waals surface area contributed by atoms with Gasteiger partial charge in [-0.05, 0) is 32.0 Å². The van der Waals surface area contributed by atoms with Gasteiger partial charge < -0.3 is 14.6 Å². The van der Waals surface area contributed by atoms with Crippen molar-refractivity contribution in [3.63, 3.8) is 0 Å². The lowest BCUT2D eigenvalue weighted by Gasteiger charge is -2.20. The van der Waals surface area contributed by atoms with Crippen LogP contribution in [0.3, 0.4) is 0 Å². The van der Waals surface area contributed by atoms with Crippen LogP contribution in [-0.2, 0) is 11.3 Å². The maximum absolute atomic E-state index is 14.7. The van der Waals surface area contributed by atoms with Gasteiger partial charge in [-0.15, -0.1) is 0 Å². The number of hydrogen-bond donors (Lipinski definition) is 1. The zero-order chi connectivity index (χ0) is 19.3. The summed E-state index contributed by atoms with van der Waals surface area (Å²) in [5.74, 6) is -0.565. The number of carbonyl (C=O) groups is 1. The van der Waals surface area contributed by atoms with Crippen molar-refractivity contribution in [3.05, 3.63) is 63.1 Å². The average Bonchev–Trinajstić information content (AvgIpc) is 3.21. The molecule has 2 atom stereocenters. The molecule has 0 saturated carbocycles. The molecule has 0 bridgehead atoms. The van der Waals surface area contributed by atoms with Gasteiger partial charge >= 0.3 is 0 Å². The van der Waals surface area contributed by atoms with Gasteiger partial charge in [0.25, 0.3) is 5.91 Å². The van der Waals surface area contributed by atoms with Gasteiger partial charge in [0, 0.05) is 34.4 Å². The largest absolute Gasteiger partial charge is 0.369 e. The van der Waals surface area contributed by atoms with Crippen LogP contribution < -0.4 is 5.32 Å². The number of rotatable bonds is 3. The van der Waals surface area contributed by atoms with E-state index in [0.717, 1.165) is 16.6 Å². The highest BCUT2D eigenvalue weighted by Gasteiger charge is 2.29. The Labute approximate surface area is 164 Å². The fourth-order valence-electron chi connectivity index (χ4n) is 3.75. The first-order valence-electron chi connectivity index (χ1n) is 8.73. The van der Waals surface area contributed by atoms with Gasteiger partial charge in [0.2, 0.25) is 0 Å². The Balaban J connectivity index is 2.00. The highest BCUT2D eigenvalue weighted by molar-refractivity contribution is 9.10. The van der Waals surface area contributed by atoms with Crippen molar-refractivity contribution in [2.24, 2.45) is 0 Å². The molecule has 0 radical (unpaired) electrons. The van der Waals surface area contributed by atoms with E-state index < -0.39 is 6.04 Å². The van der Waals surface area contributed by atoms with Gasteiger partial charge in [0.1, 0.15) is 11.5 Å². The van der Waals surface area contributed by atoms with Crippen LogP contribution in [0.2, 0.25) is 0 Å². The van der Waals surface area contributed by atoms with Crippen LogP contribution in [0.5, 0.6) is 0 Å². The number of pyridine rings is 1. The molecular weight excluding hydrogens is 413 g/mol. The maximum Gasteiger partial charge on any atom is 0.267 e. The summed E-state index contributed by atoms with van der Waals surface area (Å²) in [5, 5.41) is 2.67. The molecule has 0 aliphatic carbocycles. The minimum Gasteiger partial charge on any atom is -0.369 e. The molecule has 2 aromatic heterocycles. The summed E-state index contributed by atoms with van der Waals surface area (Å²) in [6.45, 7) is 4.31. The molecule has 1 aromatic carbocycles. The second kappa shape index (κ2) is 6.73. The third-order valence-electron chi connectivity index (χ3n) is 5.17. The van der Waals surface area contributed by atoms with E-state index in [1.165, 1.54) is 6.07 Å². The number of carbonyl (C=O) groups excluding carboxylic acids is 1. The number of nitrogens with one attached hydrogen (secondary N) is 1. The maximum atomic E-state index is 14.7. The van der Waals surface area contributed by atoms with Gasteiger partial charge in [0.05, 0.1) is 29.8 Å². The van der Waals surface area contributed by atoms with E-state index in [2.05, 4.69) is 26.2 Å². The van der Waals surface area contributed by atoms with Crippen LogP contribution in [0.25, 0.3) is 11.0 Å². The summed E-state index contributed by atoms with van der Waals surface area (Å²) in [4.78, 5) is 17.1. The Bertz CT molecular complexity index is 1060. The summed E-state index contributed by atoms with van der Waals surface area (Å²) in [5.41, 5.74) is 4.49. The molecule has 3 heterocycles. The third kappa shape index (κ3) is 2.85. The molecule has 7 heteroatoms. The topological polar surface area (TPSA) is 56.2 Å². The minimum absolute atomic E-state index is 0.0524. The van der Waals surface area contributed by atoms with Crippen LogP contribution >= 0.6 is 15.9 Å². The van der Waals surface area contributed by atoms with E-state index >= 15 is 0 Å². The average molecular weight is 432 g/mol. The molecular formula is C20H19BrFN3O2. The molecule has 27 heavy (non-hydrogen) atoms. The lowest BCUT2D eigenvalue weighted by molar-refractivity contribution is 0.0797. The van der Waals surface area contributed by atoms with E-state index in [4.69, 9.17) is 4.74 Å². The predicted molar refractivity (Wildman–Crippen MR) is 104 cm³/mol. The van der Waals surface area contributed by atoms with Crippen molar-refractivity contribution < 1.29 is 13.9 Å². The number of aromatic nitrogens is 2. The van der Waals surface area contributed by atoms with Gasteiger partial charge in [-0.1, -0.05) is 22.0 Å². The van der Waals surface area contributed by atoms with Crippen LogP contribution in [0.4, 0.5) is 4.39 Å². The zero-order valence-corrected chi connectivity index (χ0v) is 16.8. The summed E-state index contributed by atoms with van der Waals surface area (Å²) < 4.78 is 23.0. The second-order valence-electron chi connectivity index (χ2n) is 6.70. The Kier molecular flexibility index (Phi) is 4.52. The standard InChI is InChI=1S/C20H19BrFN3O2/c1-10(13-5-4-12(21)6-16(13)22)25-18(20(26)23-3)7-17-19(25)15-9-27-11(2)14(15)8-24-17/h4-8,10-11H,9H2,1-3H3,(H,23,26)/t10-,11?/m1/s1. The van der Waals surface area contributed by atoms with E-state index in [-0.39, 0.29) is 17.8 Å². The number of nitrogens with zero attached hydrogens (tertiary/aromatic N) is 2. The lowest BCUT2D eigenvalue weighted by Crippen LogP contribution is -2.24. The SMILES string of the molecule is CNC(=O)c1cc2ncc3c(c2n1[C@H](C)c1ccc(Br)cc1F)COC3C. The van der Waals surface area contributed by atoms with E-state index in [1.54, 1.807) is 31.4 Å². The smallest absolute Gasteiger partial charge is 0.267 e. The van der Waals surface area contributed by atoms with Crippen molar-refractivity contribution in [2.75, 3.05) is 7.05 Å². The fraction of sp³-hybridized carbons (Fsp3) is 0.300. The molecule has 1 unspecified atom stereocenters. The Morgan fingerprint density at radius 3 is 2.93 bits per heavy atom. The van der Waals surface area contributed by atoms with Gasteiger partial charge in [-0.2, -0.15) is 0 Å². The summed E-state index contributed by atoms with van der Waals surface area (Å²) in [7, 11) is 1.58. The molecule has 0 spiro atoms. The van der Waals surface area contributed by atoms with Crippen molar-refractivity contribution in [1.82, 2.24) is 14.9 Å². The third-order valence-corrected chi connectivity index (χ3v) is 5.66. The normalized spacial score (nSPS) is 17.1. The first-order valence-corrected chi connectivity index (χ1v) is 9.53. The van der Waals surface area contributed by atoms with Crippen molar-refractivity contribution in [3.8, 4) is 0 Å². The highest BCUT2D eigenvalue weighted by atomic mass is 79.9. The highest BCUT2D eigenvalue weighted by Crippen LogP contribution is 2.38. The molecule has 3 aromatic rings. The van der Waals surface area contributed by atoms with Gasteiger partial charge in [0.15, 0.2) is 0 Å². The monoisotopic (exact) mass is 431 g/mol. The molecule has 0 saturated heterocycles. The van der Waals surface area contributed by atoms with Crippen molar-refractivity contribution >= 4 is 32.9 Å². The quantitative estimate of drug-likeness (QED) is 0.663. The Morgan fingerprint density at radius 1 is 1.44 bits per heavy atom. The number of amides is 1. The summed E-state index contributed by atoms with van der Waals surface area (Å²) in [6.07, 6.45) is 1.75. The van der Waals surface area contributed by atoms with Gasteiger partial charge in [-0.3, -0.25) is 9.78 Å². The summed E-state index contributed by atoms with van der Waals surface area (Å²) >= 11 is 3.29. The first-order chi connectivity index (χ1) is 12.9. The number of halogens is 2. The van der Waals surface area contributed by atoms with E-state index in [1.807, 2.05) is 18.4 Å². The second-order valence-corrected chi connectivity index (χ2v) is 7.62. The zero-order valence-electron chi connectivity index (χ0n) is 15.2. The lowest BCUT2D eigenvalue weighted by atomic mass is 10.1. The molecule has 1 aliphatic heterocycles. The number of hydrogen-bond acceptors (Lipinski definition) is 3. The number of ether oxygens (including phenoxy) is 1. The molecule has 140 valence electrons. The number of benzene rings is 1. The van der Waals surface area contributed by atoms with Gasteiger partial charge in [-0.25, -0.2) is 4.39 Å². The van der Waals surface area contributed by atoms with Crippen LogP contribution in [0.1, 0.15) is 53.2 Å². The molecule has 4 rings (SSSR count). The molecule has 5 nitrogen and oxygen atoms in total. The molecule has 1 amide bonds. The Hall–Kier alpha value is -2.25. The molecule has 0 fully saturated rings. The first kappa shape index (κ1) is 18.1. The van der Waals surface area contributed by atoms with Crippen LogP contribution in [0, 0.1) is 5.82 Å². The van der Waals surface area contributed by atoms with Crippen molar-refractivity contribution in [1.29, 1.82) is 0 Å². The van der Waals surface area contributed by atoms with E-state index in [9.17, 15) is 9.18 Å². The predicted octanol–water partition coefficient (Wildman–Crippen LogP) is 4.50. The minimum atomic E-state index is -0.396. The van der Waals surface area contributed by atoms with Crippen LogP contribution in [-0.4, -0.2) is 22.5 Å². The molecule has 1 N–H and O–H groups in total. The summed E-state index contributed by atoms with van der Waals surface area (Å²) in [6, 6.07) is 6.33. The number of fused-ring (bicyclic) bond motifs is 3. The van der Waals surface area contributed by atoms with E-state index in [0.29, 0.717) is 27.9 Å². The molecule has 1 aliphatic rings. The van der Waals surface area contributed by atoms with Crippen molar-refractivity contribution in [2.45, 2.75) is 32.6 Å².